The highest BCUT2D eigenvalue weighted by molar-refractivity contribution is 6.00. The van der Waals surface area contributed by atoms with Gasteiger partial charge in [-0.3, -0.25) is 9.59 Å². The van der Waals surface area contributed by atoms with Crippen molar-refractivity contribution in [2.75, 3.05) is 12.3 Å². The minimum Gasteiger partial charge on any atom is -0.399 e. The Balaban J connectivity index is 2.13. The number of H-pyrrole nitrogens is 1. The Bertz CT molecular complexity index is 648. The standard InChI is InChI=1S/C14H18N4O2/c1-3-16-13(19)8(2)17-14(20)12-7-9-6-10(15)4-5-11(9)18-12/h4-8,18H,3,15H2,1-2H3,(H,16,19)(H,17,20). The van der Waals surface area contributed by atoms with E-state index in [0.29, 0.717) is 17.9 Å². The molecule has 6 nitrogen and oxygen atoms in total. The van der Waals surface area contributed by atoms with Crippen LogP contribution < -0.4 is 16.4 Å². The second-order valence-corrected chi connectivity index (χ2v) is 4.62. The number of aromatic nitrogens is 1. The lowest BCUT2D eigenvalue weighted by atomic mass is 10.2. The Labute approximate surface area is 116 Å². The molecular weight excluding hydrogens is 256 g/mol. The van der Waals surface area contributed by atoms with Crippen LogP contribution in [0.25, 0.3) is 10.9 Å². The monoisotopic (exact) mass is 274 g/mol. The van der Waals surface area contributed by atoms with Crippen molar-refractivity contribution in [1.82, 2.24) is 15.6 Å². The predicted molar refractivity (Wildman–Crippen MR) is 78.3 cm³/mol. The van der Waals surface area contributed by atoms with Gasteiger partial charge in [-0.15, -0.1) is 0 Å². The van der Waals surface area contributed by atoms with E-state index in [1.807, 2.05) is 13.0 Å². The van der Waals surface area contributed by atoms with Gasteiger partial charge in [-0.1, -0.05) is 0 Å². The molecule has 0 bridgehead atoms. The van der Waals surface area contributed by atoms with Gasteiger partial charge in [-0.05, 0) is 38.1 Å². The molecule has 1 atom stereocenters. The minimum atomic E-state index is -0.584. The molecule has 1 aromatic carbocycles. The summed E-state index contributed by atoms with van der Waals surface area (Å²) < 4.78 is 0. The quantitative estimate of drug-likeness (QED) is 0.626. The van der Waals surface area contributed by atoms with Crippen LogP contribution in [0.1, 0.15) is 24.3 Å². The first-order valence-electron chi connectivity index (χ1n) is 6.48. The van der Waals surface area contributed by atoms with E-state index in [9.17, 15) is 9.59 Å². The Hall–Kier alpha value is -2.50. The van der Waals surface area contributed by atoms with Gasteiger partial charge in [0.15, 0.2) is 0 Å². The molecule has 106 valence electrons. The van der Waals surface area contributed by atoms with Crippen molar-refractivity contribution in [3.05, 3.63) is 30.0 Å². The third kappa shape index (κ3) is 2.90. The molecular formula is C14H18N4O2. The number of amides is 2. The maximum Gasteiger partial charge on any atom is 0.268 e. The van der Waals surface area contributed by atoms with E-state index < -0.39 is 6.04 Å². The van der Waals surface area contributed by atoms with Crippen molar-refractivity contribution in [3.8, 4) is 0 Å². The molecule has 1 heterocycles. The summed E-state index contributed by atoms with van der Waals surface area (Å²) in [6, 6.07) is 6.49. The number of aromatic amines is 1. The van der Waals surface area contributed by atoms with Gasteiger partial charge in [0.25, 0.3) is 5.91 Å². The van der Waals surface area contributed by atoms with Crippen LogP contribution in [0.4, 0.5) is 5.69 Å². The average molecular weight is 274 g/mol. The fourth-order valence-corrected chi connectivity index (χ4v) is 1.94. The largest absolute Gasteiger partial charge is 0.399 e. The maximum absolute atomic E-state index is 12.1. The molecule has 0 aliphatic carbocycles. The summed E-state index contributed by atoms with van der Waals surface area (Å²) in [7, 11) is 0. The fourth-order valence-electron chi connectivity index (χ4n) is 1.94. The van der Waals surface area contributed by atoms with Crippen LogP contribution in [0.2, 0.25) is 0 Å². The summed E-state index contributed by atoms with van der Waals surface area (Å²) in [5.74, 6) is -0.528. The number of hydrogen-bond donors (Lipinski definition) is 4. The molecule has 20 heavy (non-hydrogen) atoms. The van der Waals surface area contributed by atoms with Crippen molar-refractivity contribution in [2.45, 2.75) is 19.9 Å². The molecule has 0 spiro atoms. The third-order valence-electron chi connectivity index (χ3n) is 2.98. The molecule has 2 rings (SSSR count). The van der Waals surface area contributed by atoms with E-state index in [1.54, 1.807) is 25.1 Å². The lowest BCUT2D eigenvalue weighted by molar-refractivity contribution is -0.122. The van der Waals surface area contributed by atoms with E-state index in [-0.39, 0.29) is 11.8 Å². The van der Waals surface area contributed by atoms with Crippen LogP contribution in [-0.4, -0.2) is 29.4 Å². The van der Waals surface area contributed by atoms with Gasteiger partial charge in [0.2, 0.25) is 5.91 Å². The van der Waals surface area contributed by atoms with Gasteiger partial charge in [0.05, 0.1) is 0 Å². The van der Waals surface area contributed by atoms with Gasteiger partial charge < -0.3 is 21.4 Å². The molecule has 0 saturated carbocycles. The number of anilines is 1. The number of likely N-dealkylation sites (N-methyl/N-ethyl adjacent to an activating group) is 1. The summed E-state index contributed by atoms with van der Waals surface area (Å²) in [5.41, 5.74) is 7.57. The van der Waals surface area contributed by atoms with Gasteiger partial charge in [-0.2, -0.15) is 0 Å². The number of hydrogen-bond acceptors (Lipinski definition) is 3. The summed E-state index contributed by atoms with van der Waals surface area (Å²) in [5, 5.41) is 6.16. The Morgan fingerprint density at radius 2 is 2.10 bits per heavy atom. The molecule has 0 fully saturated rings. The van der Waals surface area contributed by atoms with Gasteiger partial charge in [-0.25, -0.2) is 0 Å². The highest BCUT2D eigenvalue weighted by atomic mass is 16.2. The molecule has 5 N–H and O–H groups in total. The summed E-state index contributed by atoms with van der Waals surface area (Å²) in [6.45, 7) is 4.00. The molecule has 0 saturated heterocycles. The van der Waals surface area contributed by atoms with Crippen LogP contribution >= 0.6 is 0 Å². The number of nitrogen functional groups attached to an aromatic ring is 1. The lowest BCUT2D eigenvalue weighted by Crippen LogP contribution is -2.44. The first kappa shape index (κ1) is 13.9. The SMILES string of the molecule is CCNC(=O)C(C)NC(=O)c1cc2cc(N)ccc2[nH]1. The number of rotatable bonds is 4. The number of nitrogens with two attached hydrogens (primary N) is 1. The fraction of sp³-hybridized carbons (Fsp3) is 0.286. The normalized spacial score (nSPS) is 12.1. The lowest BCUT2D eigenvalue weighted by Gasteiger charge is -2.12. The first-order chi connectivity index (χ1) is 9.51. The van der Waals surface area contributed by atoms with E-state index in [4.69, 9.17) is 5.73 Å². The summed E-state index contributed by atoms with van der Waals surface area (Å²) in [6.07, 6.45) is 0. The zero-order valence-corrected chi connectivity index (χ0v) is 11.5. The van der Waals surface area contributed by atoms with Crippen molar-refractivity contribution in [3.63, 3.8) is 0 Å². The molecule has 2 amide bonds. The third-order valence-corrected chi connectivity index (χ3v) is 2.98. The highest BCUT2D eigenvalue weighted by Gasteiger charge is 2.17. The molecule has 1 unspecified atom stereocenters. The van der Waals surface area contributed by atoms with Crippen molar-refractivity contribution in [2.24, 2.45) is 0 Å². The first-order valence-corrected chi connectivity index (χ1v) is 6.48. The molecule has 1 aromatic heterocycles. The van der Waals surface area contributed by atoms with Crippen LogP contribution in [0.3, 0.4) is 0 Å². The van der Waals surface area contributed by atoms with E-state index >= 15 is 0 Å². The van der Waals surface area contributed by atoms with Crippen molar-refractivity contribution >= 4 is 28.4 Å². The Morgan fingerprint density at radius 3 is 2.80 bits per heavy atom. The summed E-state index contributed by atoms with van der Waals surface area (Å²) >= 11 is 0. The van der Waals surface area contributed by atoms with Crippen LogP contribution in [0.5, 0.6) is 0 Å². The van der Waals surface area contributed by atoms with E-state index in [1.165, 1.54) is 0 Å². The van der Waals surface area contributed by atoms with Crippen molar-refractivity contribution in [1.29, 1.82) is 0 Å². The number of carbonyl (C=O) groups is 2. The van der Waals surface area contributed by atoms with Crippen molar-refractivity contribution < 1.29 is 9.59 Å². The molecule has 0 aliphatic rings. The molecule has 6 heteroatoms. The van der Waals surface area contributed by atoms with Crippen LogP contribution in [0, 0.1) is 0 Å². The smallest absolute Gasteiger partial charge is 0.268 e. The van der Waals surface area contributed by atoms with E-state index in [2.05, 4.69) is 15.6 Å². The Morgan fingerprint density at radius 1 is 1.35 bits per heavy atom. The summed E-state index contributed by atoms with van der Waals surface area (Å²) in [4.78, 5) is 26.6. The number of benzene rings is 1. The molecule has 2 aromatic rings. The van der Waals surface area contributed by atoms with Crippen LogP contribution in [-0.2, 0) is 4.79 Å². The number of carbonyl (C=O) groups excluding carboxylic acids is 2. The second-order valence-electron chi connectivity index (χ2n) is 4.62. The predicted octanol–water partition coefficient (Wildman–Crippen LogP) is 1.00. The highest BCUT2D eigenvalue weighted by Crippen LogP contribution is 2.18. The topological polar surface area (TPSA) is 100 Å². The zero-order chi connectivity index (χ0) is 14.7. The Kier molecular flexibility index (Phi) is 3.93. The van der Waals surface area contributed by atoms with Gasteiger partial charge in [0.1, 0.15) is 11.7 Å². The number of fused-ring (bicyclic) bond motifs is 1. The average Bonchev–Trinajstić information content (AvgIpc) is 2.81. The van der Waals surface area contributed by atoms with Gasteiger partial charge in [0, 0.05) is 23.1 Å². The molecule has 0 radical (unpaired) electrons. The second kappa shape index (κ2) is 5.64. The van der Waals surface area contributed by atoms with E-state index in [0.717, 1.165) is 10.9 Å². The maximum atomic E-state index is 12.1. The van der Waals surface area contributed by atoms with Gasteiger partial charge >= 0.3 is 0 Å². The number of nitrogens with one attached hydrogen (secondary N) is 3. The zero-order valence-electron chi connectivity index (χ0n) is 11.5. The molecule has 0 aliphatic heterocycles. The van der Waals surface area contributed by atoms with Crippen LogP contribution in [0.15, 0.2) is 24.3 Å². The minimum absolute atomic E-state index is 0.207.